The van der Waals surface area contributed by atoms with E-state index in [-0.39, 0.29) is 31.6 Å². The highest BCUT2D eigenvalue weighted by Gasteiger charge is 2.31. The molecule has 12 heteroatoms. The third-order valence-corrected chi connectivity index (χ3v) is 6.96. The third kappa shape index (κ3) is 8.90. The van der Waals surface area contributed by atoms with Gasteiger partial charge in [0.25, 0.3) is 0 Å². The summed E-state index contributed by atoms with van der Waals surface area (Å²) in [5, 5.41) is 18.3. The highest BCUT2D eigenvalue weighted by atomic mass is 16.4. The number of amides is 4. The lowest BCUT2D eigenvalue weighted by Crippen LogP contribution is -2.58. The normalized spacial score (nSPS) is 14.0. The maximum absolute atomic E-state index is 13.7. The van der Waals surface area contributed by atoms with Crippen LogP contribution < -0.4 is 27.4 Å². The first-order chi connectivity index (χ1) is 20.0. The molecule has 9 N–H and O–H groups in total. The zero-order chi connectivity index (χ0) is 30.8. The fraction of sp³-hybridized carbons (Fsp3) is 0.367. The predicted molar refractivity (Wildman–Crippen MR) is 157 cm³/mol. The van der Waals surface area contributed by atoms with Crippen molar-refractivity contribution in [3.05, 3.63) is 71.9 Å². The molecule has 0 bridgehead atoms. The van der Waals surface area contributed by atoms with Gasteiger partial charge < -0.3 is 37.5 Å². The molecule has 4 amide bonds. The van der Waals surface area contributed by atoms with Gasteiger partial charge in [0.1, 0.15) is 18.1 Å². The smallest absolute Gasteiger partial charge is 0.326 e. The summed E-state index contributed by atoms with van der Waals surface area (Å²) in [5.74, 6) is -4.17. The number of H-pyrrole nitrogens is 1. The van der Waals surface area contributed by atoms with Crippen molar-refractivity contribution in [3.63, 3.8) is 0 Å². The van der Waals surface area contributed by atoms with E-state index in [4.69, 9.17) is 11.5 Å². The van der Waals surface area contributed by atoms with Crippen LogP contribution in [-0.4, -0.2) is 63.9 Å². The molecule has 1 aromatic heterocycles. The summed E-state index contributed by atoms with van der Waals surface area (Å²) in [6.45, 7) is 3.57. The first-order valence-electron chi connectivity index (χ1n) is 13.7. The van der Waals surface area contributed by atoms with Crippen molar-refractivity contribution in [2.45, 2.75) is 63.7 Å². The first kappa shape index (κ1) is 31.8. The van der Waals surface area contributed by atoms with Gasteiger partial charge in [0.2, 0.25) is 23.6 Å². The number of aromatic nitrogens is 1. The average molecular weight is 579 g/mol. The lowest BCUT2D eigenvalue weighted by atomic mass is 10.00. The summed E-state index contributed by atoms with van der Waals surface area (Å²) in [6.07, 6.45) is 1.38. The number of aliphatic carboxylic acids is 1. The number of carbonyl (C=O) groups is 5. The number of fused-ring (bicyclic) bond motifs is 1. The Labute approximate surface area is 243 Å². The zero-order valence-corrected chi connectivity index (χ0v) is 23.6. The van der Waals surface area contributed by atoms with Crippen molar-refractivity contribution in [3.8, 4) is 0 Å². The van der Waals surface area contributed by atoms with E-state index in [1.807, 2.05) is 30.3 Å². The molecule has 0 spiro atoms. The maximum atomic E-state index is 13.7. The Morgan fingerprint density at radius 2 is 1.38 bits per heavy atom. The van der Waals surface area contributed by atoms with Gasteiger partial charge in [0.15, 0.2) is 0 Å². The van der Waals surface area contributed by atoms with Gasteiger partial charge in [-0.15, -0.1) is 0 Å². The van der Waals surface area contributed by atoms with E-state index in [0.717, 1.165) is 16.5 Å². The number of carbonyl (C=O) groups excluding carboxylic acids is 4. The van der Waals surface area contributed by atoms with Crippen LogP contribution >= 0.6 is 0 Å². The molecule has 4 atom stereocenters. The van der Waals surface area contributed by atoms with Gasteiger partial charge in [-0.25, -0.2) is 4.79 Å². The molecule has 0 fully saturated rings. The van der Waals surface area contributed by atoms with Crippen molar-refractivity contribution in [2.24, 2.45) is 17.4 Å². The lowest BCUT2D eigenvalue weighted by Gasteiger charge is -2.26. The molecule has 0 saturated heterocycles. The molecule has 2 aromatic carbocycles. The molecule has 4 unspecified atom stereocenters. The van der Waals surface area contributed by atoms with Crippen molar-refractivity contribution >= 4 is 40.5 Å². The second kappa shape index (κ2) is 14.8. The molecule has 0 aliphatic rings. The summed E-state index contributed by atoms with van der Waals surface area (Å²) in [7, 11) is 0. The molecular weight excluding hydrogens is 540 g/mol. The Balaban J connectivity index is 1.90. The molecule has 12 nitrogen and oxygen atoms in total. The number of nitrogens with two attached hydrogens (primary N) is 2. The summed E-state index contributed by atoms with van der Waals surface area (Å²) in [6, 6.07) is 11.9. The van der Waals surface area contributed by atoms with Crippen LogP contribution in [0.15, 0.2) is 60.8 Å². The summed E-state index contributed by atoms with van der Waals surface area (Å²) in [5.41, 5.74) is 13.5. The predicted octanol–water partition coefficient (Wildman–Crippen LogP) is 0.741. The SMILES string of the molecule is CC(C)C(N)C(=O)NC(Cc1ccccc1)C(=O)NC(Cc1c[nH]c2ccccc12)C(=O)NC(CCC(N)=O)C(=O)O. The number of primary amides is 1. The van der Waals surface area contributed by atoms with Gasteiger partial charge in [0, 0.05) is 36.4 Å². The Kier molecular flexibility index (Phi) is 11.2. The van der Waals surface area contributed by atoms with Gasteiger partial charge in [-0.2, -0.15) is 0 Å². The number of para-hydroxylation sites is 1. The second-order valence-electron chi connectivity index (χ2n) is 10.5. The summed E-state index contributed by atoms with van der Waals surface area (Å²) < 4.78 is 0. The van der Waals surface area contributed by atoms with Gasteiger partial charge in [-0.3, -0.25) is 19.2 Å². The van der Waals surface area contributed by atoms with Crippen LogP contribution in [0.3, 0.4) is 0 Å². The Morgan fingerprint density at radius 1 is 0.810 bits per heavy atom. The van der Waals surface area contributed by atoms with Crippen LogP contribution in [0.25, 0.3) is 10.9 Å². The molecule has 3 rings (SSSR count). The van der Waals surface area contributed by atoms with Crippen LogP contribution in [0.4, 0.5) is 0 Å². The fourth-order valence-corrected chi connectivity index (χ4v) is 4.45. The van der Waals surface area contributed by atoms with E-state index in [9.17, 15) is 29.1 Å². The number of hydrogen-bond donors (Lipinski definition) is 7. The fourth-order valence-electron chi connectivity index (χ4n) is 4.45. The summed E-state index contributed by atoms with van der Waals surface area (Å²) in [4.78, 5) is 66.2. The number of aromatic amines is 1. The van der Waals surface area contributed by atoms with E-state index in [1.165, 1.54) is 0 Å². The van der Waals surface area contributed by atoms with E-state index < -0.39 is 53.8 Å². The quantitative estimate of drug-likeness (QED) is 0.137. The molecule has 0 saturated carbocycles. The largest absolute Gasteiger partial charge is 0.480 e. The molecule has 0 aliphatic heterocycles. The molecule has 3 aromatic rings. The number of hydrogen-bond acceptors (Lipinski definition) is 6. The van der Waals surface area contributed by atoms with E-state index >= 15 is 0 Å². The Morgan fingerprint density at radius 3 is 2.00 bits per heavy atom. The van der Waals surface area contributed by atoms with Crippen LogP contribution in [-0.2, 0) is 36.8 Å². The van der Waals surface area contributed by atoms with Crippen LogP contribution in [0.2, 0.25) is 0 Å². The van der Waals surface area contributed by atoms with Crippen LogP contribution in [0.1, 0.15) is 37.8 Å². The van der Waals surface area contributed by atoms with E-state index in [2.05, 4.69) is 20.9 Å². The van der Waals surface area contributed by atoms with Gasteiger partial charge in [-0.1, -0.05) is 62.4 Å². The Bertz CT molecular complexity index is 1410. The number of rotatable bonds is 15. The third-order valence-electron chi connectivity index (χ3n) is 6.96. The monoisotopic (exact) mass is 578 g/mol. The van der Waals surface area contributed by atoms with Crippen molar-refractivity contribution in [1.29, 1.82) is 0 Å². The van der Waals surface area contributed by atoms with Gasteiger partial charge in [0.05, 0.1) is 6.04 Å². The number of carboxylic acids is 1. The average Bonchev–Trinajstić information content (AvgIpc) is 3.36. The minimum Gasteiger partial charge on any atom is -0.480 e. The van der Waals surface area contributed by atoms with Crippen molar-refractivity contribution < 1.29 is 29.1 Å². The first-order valence-corrected chi connectivity index (χ1v) is 13.7. The molecule has 42 heavy (non-hydrogen) atoms. The minimum atomic E-state index is -1.41. The van der Waals surface area contributed by atoms with Crippen molar-refractivity contribution in [1.82, 2.24) is 20.9 Å². The van der Waals surface area contributed by atoms with E-state index in [0.29, 0.717) is 5.56 Å². The molecule has 0 aliphatic carbocycles. The minimum absolute atomic E-state index is 0.0151. The molecule has 1 heterocycles. The highest BCUT2D eigenvalue weighted by molar-refractivity contribution is 5.95. The number of benzene rings is 2. The topological polar surface area (TPSA) is 209 Å². The van der Waals surface area contributed by atoms with Gasteiger partial charge in [-0.05, 0) is 29.5 Å². The lowest BCUT2D eigenvalue weighted by molar-refractivity contribution is -0.142. The van der Waals surface area contributed by atoms with Crippen LogP contribution in [0, 0.1) is 5.92 Å². The number of nitrogens with one attached hydrogen (secondary N) is 4. The highest BCUT2D eigenvalue weighted by Crippen LogP contribution is 2.19. The number of carboxylic acid groups (broad SMARTS) is 1. The second-order valence-corrected chi connectivity index (χ2v) is 10.5. The standard InChI is InChI=1S/C30H38N6O6/c1-17(2)26(32)29(40)36-23(14-18-8-4-3-5-9-18)27(38)35-24(15-19-16-33-21-11-7-6-10-20(19)21)28(39)34-22(30(41)42)12-13-25(31)37/h3-11,16-17,22-24,26,33H,12-15,32H2,1-2H3,(H2,31,37)(H,34,39)(H,35,38)(H,36,40)(H,41,42). The van der Waals surface area contributed by atoms with Gasteiger partial charge >= 0.3 is 5.97 Å². The molecular formula is C30H38N6O6. The Hall–Kier alpha value is -4.71. The van der Waals surface area contributed by atoms with Crippen molar-refractivity contribution in [2.75, 3.05) is 0 Å². The summed E-state index contributed by atoms with van der Waals surface area (Å²) >= 11 is 0. The molecule has 0 radical (unpaired) electrons. The van der Waals surface area contributed by atoms with Crippen LogP contribution in [0.5, 0.6) is 0 Å². The zero-order valence-electron chi connectivity index (χ0n) is 23.6. The molecule has 224 valence electrons. The van der Waals surface area contributed by atoms with E-state index in [1.54, 1.807) is 44.3 Å². The maximum Gasteiger partial charge on any atom is 0.326 e.